The molecule has 0 spiro atoms. The lowest BCUT2D eigenvalue weighted by Gasteiger charge is -2.34. The van der Waals surface area contributed by atoms with E-state index in [2.05, 4.69) is 22.9 Å². The Labute approximate surface area is 103 Å². The van der Waals surface area contributed by atoms with E-state index in [1.165, 1.54) is 6.26 Å². The third kappa shape index (κ3) is 2.15. The van der Waals surface area contributed by atoms with Gasteiger partial charge in [0.25, 0.3) is 5.91 Å². The molecule has 0 saturated carbocycles. The summed E-state index contributed by atoms with van der Waals surface area (Å²) in [4.78, 5) is 14.0. The Balaban J connectivity index is 2.09. The van der Waals surface area contributed by atoms with Gasteiger partial charge in [-0.3, -0.25) is 4.79 Å². The molecule has 1 aliphatic rings. The molecule has 1 saturated heterocycles. The fourth-order valence-corrected chi connectivity index (χ4v) is 2.37. The zero-order valence-corrected chi connectivity index (χ0v) is 10.7. The van der Waals surface area contributed by atoms with Crippen LogP contribution >= 0.6 is 15.9 Å². The number of halogens is 1. The number of likely N-dealkylation sites (tertiary alicyclic amines) is 1. The minimum atomic E-state index is 0.0133. The topological polar surface area (TPSA) is 59.5 Å². The Hall–Kier alpha value is -0.810. The first-order chi connectivity index (χ1) is 7.59. The normalized spacial score (nSPS) is 25.8. The summed E-state index contributed by atoms with van der Waals surface area (Å²) in [6.07, 6.45) is 2.37. The summed E-state index contributed by atoms with van der Waals surface area (Å²) in [5.41, 5.74) is 6.51. The first-order valence-corrected chi connectivity index (χ1v) is 6.16. The molecule has 1 aromatic heterocycles. The highest BCUT2D eigenvalue weighted by atomic mass is 79.9. The average Bonchev–Trinajstić information content (AvgIpc) is 2.67. The van der Waals surface area contributed by atoms with Crippen molar-refractivity contribution in [2.75, 3.05) is 13.1 Å². The van der Waals surface area contributed by atoms with E-state index in [9.17, 15) is 4.79 Å². The number of hydrogen-bond acceptors (Lipinski definition) is 3. The van der Waals surface area contributed by atoms with Gasteiger partial charge in [-0.1, -0.05) is 6.92 Å². The minimum absolute atomic E-state index is 0.0133. The van der Waals surface area contributed by atoms with Crippen LogP contribution in [0.5, 0.6) is 0 Å². The van der Waals surface area contributed by atoms with Crippen LogP contribution in [0.2, 0.25) is 0 Å². The lowest BCUT2D eigenvalue weighted by molar-refractivity contribution is 0.0662. The van der Waals surface area contributed by atoms with Crippen molar-refractivity contribution in [2.45, 2.75) is 19.4 Å². The molecule has 88 valence electrons. The van der Waals surface area contributed by atoms with Crippen LogP contribution in [-0.4, -0.2) is 29.9 Å². The maximum absolute atomic E-state index is 12.1. The molecule has 2 rings (SSSR count). The van der Waals surface area contributed by atoms with Crippen LogP contribution in [0.15, 0.2) is 21.4 Å². The van der Waals surface area contributed by atoms with E-state index in [0.29, 0.717) is 16.2 Å². The van der Waals surface area contributed by atoms with Crippen molar-refractivity contribution in [1.29, 1.82) is 0 Å². The second-order valence-corrected chi connectivity index (χ2v) is 5.01. The van der Waals surface area contributed by atoms with Crippen molar-refractivity contribution in [1.82, 2.24) is 4.90 Å². The molecule has 0 aromatic carbocycles. The van der Waals surface area contributed by atoms with Crippen molar-refractivity contribution in [3.8, 4) is 0 Å². The Bertz CT molecular complexity index is 391. The SMILES string of the molecule is CC1CN(C(=O)c2ccoc2Br)CCC1N. The summed E-state index contributed by atoms with van der Waals surface area (Å²) in [5, 5.41) is 0. The monoisotopic (exact) mass is 286 g/mol. The molecule has 1 aliphatic heterocycles. The first kappa shape index (κ1) is 11.7. The molecular weight excluding hydrogens is 272 g/mol. The molecule has 0 radical (unpaired) electrons. The number of nitrogens with two attached hydrogens (primary N) is 1. The van der Waals surface area contributed by atoms with Crippen LogP contribution in [-0.2, 0) is 0 Å². The van der Waals surface area contributed by atoms with Crippen LogP contribution in [0.1, 0.15) is 23.7 Å². The van der Waals surface area contributed by atoms with E-state index in [4.69, 9.17) is 10.2 Å². The number of hydrogen-bond donors (Lipinski definition) is 1. The van der Waals surface area contributed by atoms with Crippen LogP contribution < -0.4 is 5.73 Å². The summed E-state index contributed by atoms with van der Waals surface area (Å²) in [5.74, 6) is 0.364. The fourth-order valence-electron chi connectivity index (χ4n) is 1.96. The predicted octanol–water partition coefficient (Wildman–Crippen LogP) is 1.85. The van der Waals surface area contributed by atoms with Gasteiger partial charge in [0.05, 0.1) is 11.8 Å². The highest BCUT2D eigenvalue weighted by molar-refractivity contribution is 9.10. The van der Waals surface area contributed by atoms with Crippen LogP contribution in [0.3, 0.4) is 0 Å². The fraction of sp³-hybridized carbons (Fsp3) is 0.545. The van der Waals surface area contributed by atoms with E-state index < -0.39 is 0 Å². The quantitative estimate of drug-likeness (QED) is 0.857. The third-order valence-corrected chi connectivity index (χ3v) is 3.72. The van der Waals surface area contributed by atoms with Crippen molar-refractivity contribution in [3.63, 3.8) is 0 Å². The molecule has 16 heavy (non-hydrogen) atoms. The molecule has 2 heterocycles. The number of carbonyl (C=O) groups is 1. The number of carbonyl (C=O) groups excluding carboxylic acids is 1. The summed E-state index contributed by atoms with van der Waals surface area (Å²) in [7, 11) is 0. The zero-order valence-electron chi connectivity index (χ0n) is 9.15. The van der Waals surface area contributed by atoms with E-state index in [1.54, 1.807) is 6.07 Å². The van der Waals surface area contributed by atoms with Crippen LogP contribution in [0, 0.1) is 5.92 Å². The van der Waals surface area contributed by atoms with Gasteiger partial charge in [0, 0.05) is 19.1 Å². The molecule has 4 nitrogen and oxygen atoms in total. The molecule has 0 bridgehead atoms. The predicted molar refractivity (Wildman–Crippen MR) is 64.1 cm³/mol. The van der Waals surface area contributed by atoms with Crippen molar-refractivity contribution < 1.29 is 9.21 Å². The number of amides is 1. The maximum atomic E-state index is 12.1. The largest absolute Gasteiger partial charge is 0.457 e. The van der Waals surface area contributed by atoms with Crippen molar-refractivity contribution in [3.05, 3.63) is 22.6 Å². The minimum Gasteiger partial charge on any atom is -0.457 e. The molecule has 2 unspecified atom stereocenters. The van der Waals surface area contributed by atoms with Crippen molar-refractivity contribution in [2.24, 2.45) is 11.7 Å². The van der Waals surface area contributed by atoms with Gasteiger partial charge in [-0.05, 0) is 34.3 Å². The lowest BCUT2D eigenvalue weighted by atomic mass is 9.94. The smallest absolute Gasteiger partial charge is 0.258 e. The van der Waals surface area contributed by atoms with E-state index >= 15 is 0 Å². The van der Waals surface area contributed by atoms with Crippen LogP contribution in [0.25, 0.3) is 0 Å². The van der Waals surface area contributed by atoms with Gasteiger partial charge in [-0.25, -0.2) is 0 Å². The van der Waals surface area contributed by atoms with E-state index in [1.807, 2.05) is 4.90 Å². The summed E-state index contributed by atoms with van der Waals surface area (Å²) < 4.78 is 5.57. The van der Waals surface area contributed by atoms with Gasteiger partial charge < -0.3 is 15.1 Å². The second kappa shape index (κ2) is 4.59. The van der Waals surface area contributed by atoms with Gasteiger partial charge in [0.15, 0.2) is 4.67 Å². The Morgan fingerprint density at radius 2 is 2.44 bits per heavy atom. The Kier molecular flexibility index (Phi) is 3.35. The molecule has 1 fully saturated rings. The second-order valence-electron chi connectivity index (χ2n) is 4.29. The molecule has 1 amide bonds. The Morgan fingerprint density at radius 1 is 1.69 bits per heavy atom. The highest BCUT2D eigenvalue weighted by Gasteiger charge is 2.28. The number of nitrogens with zero attached hydrogens (tertiary/aromatic N) is 1. The zero-order chi connectivity index (χ0) is 11.7. The van der Waals surface area contributed by atoms with Gasteiger partial charge >= 0.3 is 0 Å². The average molecular weight is 287 g/mol. The lowest BCUT2D eigenvalue weighted by Crippen LogP contribution is -2.48. The number of piperidine rings is 1. The van der Waals surface area contributed by atoms with Gasteiger partial charge in [0.1, 0.15) is 0 Å². The number of furan rings is 1. The standard InChI is InChI=1S/C11H15BrN2O2/c1-7-6-14(4-2-9(7)13)11(15)8-3-5-16-10(8)12/h3,5,7,9H,2,4,6,13H2,1H3. The van der Waals surface area contributed by atoms with E-state index in [0.717, 1.165) is 19.5 Å². The summed E-state index contributed by atoms with van der Waals surface area (Å²) in [6.45, 7) is 3.52. The van der Waals surface area contributed by atoms with Crippen molar-refractivity contribution >= 4 is 21.8 Å². The molecule has 1 aromatic rings. The molecule has 5 heteroatoms. The maximum Gasteiger partial charge on any atom is 0.258 e. The third-order valence-electron chi connectivity index (χ3n) is 3.11. The van der Waals surface area contributed by atoms with Gasteiger partial charge in [0.2, 0.25) is 0 Å². The first-order valence-electron chi connectivity index (χ1n) is 5.37. The molecule has 0 aliphatic carbocycles. The number of rotatable bonds is 1. The molecule has 2 N–H and O–H groups in total. The highest BCUT2D eigenvalue weighted by Crippen LogP contribution is 2.22. The molecular formula is C11H15BrN2O2. The summed E-state index contributed by atoms with van der Waals surface area (Å²) in [6, 6.07) is 1.89. The van der Waals surface area contributed by atoms with Gasteiger partial charge in [-0.2, -0.15) is 0 Å². The van der Waals surface area contributed by atoms with E-state index in [-0.39, 0.29) is 11.9 Å². The molecule has 2 atom stereocenters. The van der Waals surface area contributed by atoms with Crippen LogP contribution in [0.4, 0.5) is 0 Å². The Morgan fingerprint density at radius 3 is 3.00 bits per heavy atom. The summed E-state index contributed by atoms with van der Waals surface area (Å²) >= 11 is 3.22. The van der Waals surface area contributed by atoms with Gasteiger partial charge in [-0.15, -0.1) is 0 Å².